The molecule has 1 heterocycles. The molecule has 1 aromatic heterocycles. The summed E-state index contributed by atoms with van der Waals surface area (Å²) in [5.74, 6) is -0.104. The molecule has 3 N–H and O–H groups in total. The van der Waals surface area contributed by atoms with Crippen LogP contribution >= 0.6 is 0 Å². The van der Waals surface area contributed by atoms with Gasteiger partial charge in [-0.25, -0.2) is 0 Å². The molecule has 0 unspecified atom stereocenters. The Bertz CT molecular complexity index is 854. The van der Waals surface area contributed by atoms with Gasteiger partial charge >= 0.3 is 0 Å². The Hall–Kier alpha value is -2.79. The van der Waals surface area contributed by atoms with Crippen LogP contribution in [-0.4, -0.2) is 43.0 Å². The van der Waals surface area contributed by atoms with Gasteiger partial charge < -0.3 is 20.5 Å². The van der Waals surface area contributed by atoms with Gasteiger partial charge in [-0.2, -0.15) is 0 Å². The Morgan fingerprint density at radius 3 is 2.64 bits per heavy atom. The van der Waals surface area contributed by atoms with Crippen molar-refractivity contribution in [1.82, 2.24) is 9.88 Å². The van der Waals surface area contributed by atoms with Gasteiger partial charge in [-0.1, -0.05) is 18.2 Å². The van der Waals surface area contributed by atoms with Crippen LogP contribution in [0.25, 0.3) is 10.9 Å². The summed E-state index contributed by atoms with van der Waals surface area (Å²) in [6, 6.07) is 15.4. The van der Waals surface area contributed by atoms with Crippen molar-refractivity contribution in [2.75, 3.05) is 37.8 Å². The number of H-pyrrole nitrogens is 1. The number of carbonyl (C=O) groups is 1. The second-order valence-corrected chi connectivity index (χ2v) is 6.33. The summed E-state index contributed by atoms with van der Waals surface area (Å²) in [5.41, 5.74) is 3.37. The van der Waals surface area contributed by atoms with Crippen LogP contribution in [0.15, 0.2) is 54.7 Å². The lowest BCUT2D eigenvalue weighted by molar-refractivity contribution is 0.102. The molecule has 3 rings (SSSR count). The Balaban J connectivity index is 1.72. The molecule has 25 heavy (non-hydrogen) atoms. The quantitative estimate of drug-likeness (QED) is 0.575. The molecule has 5 nitrogen and oxygen atoms in total. The van der Waals surface area contributed by atoms with Crippen LogP contribution in [0, 0.1) is 0 Å². The SMILES string of the molecule is CN(C)CCCNc1ccccc1NC(=O)c1cccc2[nH]ccc12. The van der Waals surface area contributed by atoms with E-state index in [2.05, 4.69) is 34.6 Å². The van der Waals surface area contributed by atoms with E-state index in [4.69, 9.17) is 0 Å². The first-order chi connectivity index (χ1) is 12.1. The van der Waals surface area contributed by atoms with Crippen LogP contribution in [0.2, 0.25) is 0 Å². The maximum Gasteiger partial charge on any atom is 0.256 e. The molecule has 0 aliphatic heterocycles. The second-order valence-electron chi connectivity index (χ2n) is 6.33. The number of hydrogen-bond donors (Lipinski definition) is 3. The Kier molecular flexibility index (Phi) is 5.36. The van der Waals surface area contributed by atoms with Crippen LogP contribution in [-0.2, 0) is 0 Å². The normalized spacial score (nSPS) is 11.0. The van der Waals surface area contributed by atoms with Gasteiger partial charge in [0.1, 0.15) is 0 Å². The molecule has 0 aliphatic rings. The molecule has 0 spiro atoms. The molecule has 0 bridgehead atoms. The molecule has 0 saturated carbocycles. The third-order valence-corrected chi connectivity index (χ3v) is 4.11. The largest absolute Gasteiger partial charge is 0.383 e. The molecule has 0 radical (unpaired) electrons. The zero-order valence-electron chi connectivity index (χ0n) is 14.7. The molecule has 2 aromatic carbocycles. The molecule has 0 fully saturated rings. The zero-order chi connectivity index (χ0) is 17.6. The van der Waals surface area contributed by atoms with Crippen molar-refractivity contribution >= 4 is 28.2 Å². The molecule has 130 valence electrons. The predicted octanol–water partition coefficient (Wildman–Crippen LogP) is 3.78. The fraction of sp³-hybridized carbons (Fsp3) is 0.250. The highest BCUT2D eigenvalue weighted by Gasteiger charge is 2.12. The minimum absolute atomic E-state index is 0.104. The van der Waals surface area contributed by atoms with Crippen molar-refractivity contribution in [3.8, 4) is 0 Å². The summed E-state index contributed by atoms with van der Waals surface area (Å²) in [6.45, 7) is 1.88. The van der Waals surface area contributed by atoms with E-state index >= 15 is 0 Å². The maximum atomic E-state index is 12.7. The monoisotopic (exact) mass is 336 g/mol. The van der Waals surface area contributed by atoms with Crippen molar-refractivity contribution in [3.63, 3.8) is 0 Å². The molecule has 0 saturated heterocycles. The van der Waals surface area contributed by atoms with Gasteiger partial charge in [0.05, 0.1) is 11.4 Å². The average molecular weight is 336 g/mol. The fourth-order valence-electron chi connectivity index (χ4n) is 2.84. The van der Waals surface area contributed by atoms with Gasteiger partial charge in [0.15, 0.2) is 0 Å². The molecular formula is C20H24N4O. The highest BCUT2D eigenvalue weighted by molar-refractivity contribution is 6.13. The van der Waals surface area contributed by atoms with Gasteiger partial charge in [-0.15, -0.1) is 0 Å². The van der Waals surface area contributed by atoms with E-state index in [1.807, 2.05) is 54.7 Å². The first-order valence-electron chi connectivity index (χ1n) is 8.50. The Labute approximate surface area is 148 Å². The number of amides is 1. The number of nitrogens with zero attached hydrogens (tertiary/aromatic N) is 1. The smallest absolute Gasteiger partial charge is 0.256 e. The number of rotatable bonds is 7. The lowest BCUT2D eigenvalue weighted by Crippen LogP contribution is -2.17. The van der Waals surface area contributed by atoms with E-state index in [9.17, 15) is 4.79 Å². The molecular weight excluding hydrogens is 312 g/mol. The predicted molar refractivity (Wildman–Crippen MR) is 104 cm³/mol. The van der Waals surface area contributed by atoms with Crippen molar-refractivity contribution in [2.24, 2.45) is 0 Å². The summed E-state index contributed by atoms with van der Waals surface area (Å²) in [6.07, 6.45) is 2.89. The van der Waals surface area contributed by atoms with E-state index in [0.717, 1.165) is 41.8 Å². The number of hydrogen-bond acceptors (Lipinski definition) is 3. The van der Waals surface area contributed by atoms with Gasteiger partial charge in [0, 0.05) is 29.2 Å². The van der Waals surface area contributed by atoms with Gasteiger partial charge in [-0.3, -0.25) is 4.79 Å². The van der Waals surface area contributed by atoms with E-state index in [1.165, 1.54) is 0 Å². The van der Waals surface area contributed by atoms with Gasteiger partial charge in [0.2, 0.25) is 0 Å². The van der Waals surface area contributed by atoms with E-state index in [1.54, 1.807) is 0 Å². The number of aromatic amines is 1. The summed E-state index contributed by atoms with van der Waals surface area (Å²) < 4.78 is 0. The van der Waals surface area contributed by atoms with Gasteiger partial charge in [0.25, 0.3) is 5.91 Å². The number of nitrogens with one attached hydrogen (secondary N) is 3. The highest BCUT2D eigenvalue weighted by Crippen LogP contribution is 2.23. The van der Waals surface area contributed by atoms with Crippen molar-refractivity contribution in [2.45, 2.75) is 6.42 Å². The summed E-state index contributed by atoms with van der Waals surface area (Å²) in [5, 5.41) is 7.37. The number of fused-ring (bicyclic) bond motifs is 1. The van der Waals surface area contributed by atoms with Crippen LogP contribution < -0.4 is 10.6 Å². The number of benzene rings is 2. The summed E-state index contributed by atoms with van der Waals surface area (Å²) >= 11 is 0. The molecule has 0 atom stereocenters. The zero-order valence-corrected chi connectivity index (χ0v) is 14.7. The van der Waals surface area contributed by atoms with Crippen molar-refractivity contribution in [1.29, 1.82) is 0 Å². The summed E-state index contributed by atoms with van der Waals surface area (Å²) in [4.78, 5) is 18.0. The Morgan fingerprint density at radius 1 is 1.04 bits per heavy atom. The second kappa shape index (κ2) is 7.85. The standard InChI is InChI=1S/C20H24N4O/c1-24(2)14-6-12-21-18-8-3-4-9-19(18)23-20(25)16-7-5-10-17-15(16)11-13-22-17/h3-5,7-11,13,21-22H,6,12,14H2,1-2H3,(H,23,25). The minimum atomic E-state index is -0.104. The first-order valence-corrected chi connectivity index (χ1v) is 8.50. The topological polar surface area (TPSA) is 60.2 Å². The van der Waals surface area contributed by atoms with Crippen LogP contribution in [0.5, 0.6) is 0 Å². The number of carbonyl (C=O) groups excluding carboxylic acids is 1. The third kappa shape index (κ3) is 4.19. The van der Waals surface area contributed by atoms with Gasteiger partial charge in [-0.05, 0) is 57.4 Å². The van der Waals surface area contributed by atoms with Crippen molar-refractivity contribution < 1.29 is 4.79 Å². The van der Waals surface area contributed by atoms with Crippen molar-refractivity contribution in [3.05, 3.63) is 60.3 Å². The lowest BCUT2D eigenvalue weighted by Gasteiger charge is -2.14. The lowest BCUT2D eigenvalue weighted by atomic mass is 10.1. The number of aromatic nitrogens is 1. The number of anilines is 2. The fourth-order valence-corrected chi connectivity index (χ4v) is 2.84. The van der Waals surface area contributed by atoms with E-state index < -0.39 is 0 Å². The first kappa shape index (κ1) is 17.0. The van der Waals surface area contributed by atoms with Crippen LogP contribution in [0.3, 0.4) is 0 Å². The summed E-state index contributed by atoms with van der Waals surface area (Å²) in [7, 11) is 4.13. The van der Waals surface area contributed by atoms with E-state index in [-0.39, 0.29) is 5.91 Å². The molecule has 5 heteroatoms. The molecule has 1 amide bonds. The average Bonchev–Trinajstić information content (AvgIpc) is 3.08. The Morgan fingerprint density at radius 2 is 1.84 bits per heavy atom. The minimum Gasteiger partial charge on any atom is -0.383 e. The van der Waals surface area contributed by atoms with E-state index in [0.29, 0.717) is 5.56 Å². The molecule has 3 aromatic rings. The molecule has 0 aliphatic carbocycles. The third-order valence-electron chi connectivity index (χ3n) is 4.11. The van der Waals surface area contributed by atoms with Crippen LogP contribution in [0.4, 0.5) is 11.4 Å². The van der Waals surface area contributed by atoms with Crippen LogP contribution in [0.1, 0.15) is 16.8 Å². The maximum absolute atomic E-state index is 12.7. The number of para-hydroxylation sites is 2. The highest BCUT2D eigenvalue weighted by atomic mass is 16.1.